The smallest absolute Gasteiger partial charge is 0.239 e. The predicted octanol–water partition coefficient (Wildman–Crippen LogP) is 0.645. The zero-order valence-electron chi connectivity index (χ0n) is 14.1. The molecule has 0 spiro atoms. The van der Waals surface area contributed by atoms with Gasteiger partial charge in [-0.05, 0) is 46.5 Å². The van der Waals surface area contributed by atoms with Gasteiger partial charge in [0.05, 0.1) is 0 Å². The van der Waals surface area contributed by atoms with Gasteiger partial charge in [0, 0.05) is 44.8 Å². The molecule has 0 radical (unpaired) electrons. The Labute approximate surface area is 129 Å². The van der Waals surface area contributed by atoms with E-state index in [9.17, 15) is 4.79 Å². The van der Waals surface area contributed by atoms with Gasteiger partial charge in [-0.1, -0.05) is 0 Å². The zero-order valence-corrected chi connectivity index (χ0v) is 14.1. The van der Waals surface area contributed by atoms with Gasteiger partial charge >= 0.3 is 0 Å². The first-order valence-corrected chi connectivity index (χ1v) is 8.39. The van der Waals surface area contributed by atoms with E-state index >= 15 is 0 Å². The van der Waals surface area contributed by atoms with Crippen molar-refractivity contribution < 1.29 is 4.79 Å². The SMILES string of the molecule is CC(C)NC(CN1CCN(C(C)C)CC1)(C(N)=O)C1CC1. The van der Waals surface area contributed by atoms with Crippen molar-refractivity contribution in [2.75, 3.05) is 32.7 Å². The maximum atomic E-state index is 12.2. The van der Waals surface area contributed by atoms with Gasteiger partial charge < -0.3 is 5.73 Å². The third kappa shape index (κ3) is 3.96. The van der Waals surface area contributed by atoms with Crippen molar-refractivity contribution in [3.63, 3.8) is 0 Å². The van der Waals surface area contributed by atoms with Crippen molar-refractivity contribution in [1.82, 2.24) is 15.1 Å². The summed E-state index contributed by atoms with van der Waals surface area (Å²) in [5.41, 5.74) is 5.28. The number of nitrogens with two attached hydrogens (primary N) is 1. The molecular weight excluding hydrogens is 264 g/mol. The molecule has 122 valence electrons. The fourth-order valence-electron chi connectivity index (χ4n) is 3.52. The number of carbonyl (C=O) groups excluding carboxylic acids is 1. The van der Waals surface area contributed by atoms with Crippen LogP contribution in [0.3, 0.4) is 0 Å². The van der Waals surface area contributed by atoms with Crippen LogP contribution in [0.5, 0.6) is 0 Å². The molecule has 3 N–H and O–H groups in total. The highest BCUT2D eigenvalue weighted by Crippen LogP contribution is 2.40. The molecule has 0 aromatic carbocycles. The minimum atomic E-state index is -0.534. The third-order valence-corrected chi connectivity index (χ3v) is 4.87. The van der Waals surface area contributed by atoms with Gasteiger partial charge in [0.25, 0.3) is 0 Å². The van der Waals surface area contributed by atoms with Crippen molar-refractivity contribution >= 4 is 5.91 Å². The Morgan fingerprint density at radius 3 is 2.14 bits per heavy atom. The Morgan fingerprint density at radius 2 is 1.76 bits per heavy atom. The summed E-state index contributed by atoms with van der Waals surface area (Å²) < 4.78 is 0. The third-order valence-electron chi connectivity index (χ3n) is 4.87. The molecule has 2 fully saturated rings. The molecule has 1 saturated carbocycles. The Bertz CT molecular complexity index is 359. The summed E-state index contributed by atoms with van der Waals surface area (Å²) in [6.07, 6.45) is 2.24. The van der Waals surface area contributed by atoms with Gasteiger partial charge in [-0.2, -0.15) is 0 Å². The molecule has 5 nitrogen and oxygen atoms in total. The van der Waals surface area contributed by atoms with Gasteiger partial charge in [-0.3, -0.25) is 19.9 Å². The molecule has 1 atom stereocenters. The molecule has 1 aliphatic carbocycles. The van der Waals surface area contributed by atoms with Gasteiger partial charge in [-0.25, -0.2) is 0 Å². The van der Waals surface area contributed by atoms with Crippen LogP contribution in [0.25, 0.3) is 0 Å². The monoisotopic (exact) mass is 296 g/mol. The molecule has 1 aliphatic heterocycles. The average molecular weight is 296 g/mol. The lowest BCUT2D eigenvalue weighted by Gasteiger charge is -2.43. The molecule has 0 aromatic rings. The first kappa shape index (κ1) is 16.7. The quantitative estimate of drug-likeness (QED) is 0.724. The molecular formula is C16H32N4O. The second kappa shape index (κ2) is 6.63. The van der Waals surface area contributed by atoms with Gasteiger partial charge in [0.2, 0.25) is 5.91 Å². The molecule has 2 rings (SSSR count). The van der Waals surface area contributed by atoms with Crippen LogP contribution in [-0.2, 0) is 4.79 Å². The van der Waals surface area contributed by atoms with Crippen molar-refractivity contribution in [3.05, 3.63) is 0 Å². The van der Waals surface area contributed by atoms with E-state index in [1.54, 1.807) is 0 Å². The molecule has 0 aromatic heterocycles. The largest absolute Gasteiger partial charge is 0.368 e. The Hall–Kier alpha value is -0.650. The highest BCUT2D eigenvalue weighted by atomic mass is 16.1. The Balaban J connectivity index is 2.01. The van der Waals surface area contributed by atoms with Crippen LogP contribution in [0, 0.1) is 5.92 Å². The first-order valence-electron chi connectivity index (χ1n) is 8.39. The van der Waals surface area contributed by atoms with Crippen LogP contribution < -0.4 is 11.1 Å². The minimum absolute atomic E-state index is 0.176. The second-order valence-corrected chi connectivity index (χ2v) is 7.31. The lowest BCUT2D eigenvalue weighted by atomic mass is 9.90. The van der Waals surface area contributed by atoms with E-state index in [-0.39, 0.29) is 11.9 Å². The molecule has 1 amide bonds. The van der Waals surface area contributed by atoms with E-state index in [1.165, 1.54) is 0 Å². The molecule has 21 heavy (non-hydrogen) atoms. The summed E-state index contributed by atoms with van der Waals surface area (Å²) in [6.45, 7) is 13.7. The van der Waals surface area contributed by atoms with Crippen LogP contribution in [-0.4, -0.2) is 66.1 Å². The zero-order chi connectivity index (χ0) is 15.6. The number of nitrogens with zero attached hydrogens (tertiary/aromatic N) is 2. The van der Waals surface area contributed by atoms with Crippen molar-refractivity contribution in [1.29, 1.82) is 0 Å². The maximum Gasteiger partial charge on any atom is 0.239 e. The molecule has 1 saturated heterocycles. The fraction of sp³-hybridized carbons (Fsp3) is 0.938. The van der Waals surface area contributed by atoms with Crippen molar-refractivity contribution in [2.45, 2.75) is 58.2 Å². The van der Waals surface area contributed by atoms with Crippen LogP contribution in [0.4, 0.5) is 0 Å². The van der Waals surface area contributed by atoms with Crippen LogP contribution in [0.2, 0.25) is 0 Å². The van der Waals surface area contributed by atoms with Gasteiger partial charge in [0.15, 0.2) is 0 Å². The number of piperazine rings is 1. The average Bonchev–Trinajstić information content (AvgIpc) is 3.22. The van der Waals surface area contributed by atoms with E-state index < -0.39 is 5.54 Å². The highest BCUT2D eigenvalue weighted by molar-refractivity contribution is 5.86. The Morgan fingerprint density at radius 1 is 1.19 bits per heavy atom. The summed E-state index contributed by atoms with van der Waals surface area (Å²) >= 11 is 0. The van der Waals surface area contributed by atoms with Crippen LogP contribution in [0.15, 0.2) is 0 Å². The topological polar surface area (TPSA) is 61.6 Å². The van der Waals surface area contributed by atoms with E-state index in [4.69, 9.17) is 5.73 Å². The molecule has 0 bridgehead atoms. The maximum absolute atomic E-state index is 12.2. The molecule has 1 heterocycles. The number of amides is 1. The fourth-order valence-corrected chi connectivity index (χ4v) is 3.52. The number of rotatable bonds is 7. The van der Waals surface area contributed by atoms with Gasteiger partial charge in [-0.15, -0.1) is 0 Å². The molecule has 5 heteroatoms. The standard InChI is InChI=1S/C16H32N4O/c1-12(2)18-16(15(17)21,14-5-6-14)11-19-7-9-20(10-8-19)13(3)4/h12-14,18H,5-11H2,1-4H3,(H2,17,21). The first-order chi connectivity index (χ1) is 9.85. The highest BCUT2D eigenvalue weighted by Gasteiger charge is 2.51. The normalized spacial score (nSPS) is 24.5. The van der Waals surface area contributed by atoms with Crippen molar-refractivity contribution in [3.8, 4) is 0 Å². The molecule has 1 unspecified atom stereocenters. The lowest BCUT2D eigenvalue weighted by Crippen LogP contribution is -2.66. The van der Waals surface area contributed by atoms with E-state index in [0.29, 0.717) is 12.0 Å². The van der Waals surface area contributed by atoms with E-state index in [2.05, 4.69) is 42.8 Å². The molecule has 2 aliphatic rings. The second-order valence-electron chi connectivity index (χ2n) is 7.31. The summed E-state index contributed by atoms with van der Waals surface area (Å²) in [6, 6.07) is 0.875. The van der Waals surface area contributed by atoms with Crippen molar-refractivity contribution in [2.24, 2.45) is 11.7 Å². The van der Waals surface area contributed by atoms with Gasteiger partial charge in [0.1, 0.15) is 5.54 Å². The Kier molecular flexibility index (Phi) is 5.28. The predicted molar refractivity (Wildman–Crippen MR) is 86.1 cm³/mol. The summed E-state index contributed by atoms with van der Waals surface area (Å²) in [7, 11) is 0. The number of hydrogen-bond acceptors (Lipinski definition) is 4. The minimum Gasteiger partial charge on any atom is -0.368 e. The number of nitrogens with one attached hydrogen (secondary N) is 1. The summed E-state index contributed by atoms with van der Waals surface area (Å²) in [5, 5.41) is 3.51. The lowest BCUT2D eigenvalue weighted by molar-refractivity contribution is -0.127. The summed E-state index contributed by atoms with van der Waals surface area (Å²) in [5.74, 6) is 0.241. The summed E-state index contributed by atoms with van der Waals surface area (Å²) in [4.78, 5) is 17.1. The van der Waals surface area contributed by atoms with E-state index in [0.717, 1.165) is 45.6 Å². The van der Waals surface area contributed by atoms with Crippen LogP contribution in [0.1, 0.15) is 40.5 Å². The number of hydrogen-bond donors (Lipinski definition) is 2. The number of primary amides is 1. The number of carbonyl (C=O) groups is 1. The van der Waals surface area contributed by atoms with E-state index in [1.807, 2.05) is 0 Å². The van der Waals surface area contributed by atoms with Crippen LogP contribution >= 0.6 is 0 Å².